The predicted octanol–water partition coefficient (Wildman–Crippen LogP) is 4.83. The second-order valence-electron chi connectivity index (χ2n) is 8.85. The molecule has 0 amide bonds. The molecule has 0 unspecified atom stereocenters. The predicted molar refractivity (Wildman–Crippen MR) is 141 cm³/mol. The van der Waals surface area contributed by atoms with Crippen LogP contribution in [0.3, 0.4) is 0 Å². The summed E-state index contributed by atoms with van der Waals surface area (Å²) in [5.41, 5.74) is 3.41. The maximum atomic E-state index is 13.8. The van der Waals surface area contributed by atoms with Crippen LogP contribution in [0.15, 0.2) is 82.7 Å². The average molecular weight is 500 g/mol. The van der Waals surface area contributed by atoms with Gasteiger partial charge in [0.15, 0.2) is 9.84 Å². The quantitative estimate of drug-likeness (QED) is 0.346. The van der Waals surface area contributed by atoms with Gasteiger partial charge in [-0.25, -0.2) is 13.4 Å². The van der Waals surface area contributed by atoms with E-state index in [0.29, 0.717) is 34.1 Å². The van der Waals surface area contributed by atoms with E-state index in [0.717, 1.165) is 11.1 Å². The maximum Gasteiger partial charge on any atom is 0.275 e. The summed E-state index contributed by atoms with van der Waals surface area (Å²) in [5.74, 6) is -0.347. The summed E-state index contributed by atoms with van der Waals surface area (Å²) in [6.45, 7) is 5.20. The Morgan fingerprint density at radius 1 is 1.03 bits per heavy atom. The first-order valence-corrected chi connectivity index (χ1v) is 13.3. The Bertz CT molecular complexity index is 1820. The maximum absolute atomic E-state index is 13.8. The number of nitrogens with zero attached hydrogens (tertiary/aromatic N) is 3. The second-order valence-corrected chi connectivity index (χ2v) is 11.1. The van der Waals surface area contributed by atoms with E-state index in [9.17, 15) is 18.0 Å². The van der Waals surface area contributed by atoms with Crippen LogP contribution < -0.4 is 5.56 Å². The number of aromatic nitrogens is 3. The molecule has 0 spiro atoms. The fourth-order valence-corrected chi connectivity index (χ4v) is 5.53. The average Bonchev–Trinajstić information content (AvgIpc) is 3.21. The van der Waals surface area contributed by atoms with Crippen molar-refractivity contribution in [3.8, 4) is 11.1 Å². The van der Waals surface area contributed by atoms with Gasteiger partial charge in [-0.05, 0) is 41.8 Å². The molecule has 8 heteroatoms. The van der Waals surface area contributed by atoms with E-state index in [1.807, 2.05) is 49.4 Å². The summed E-state index contributed by atoms with van der Waals surface area (Å²) >= 11 is 0. The Kier molecular flexibility index (Phi) is 5.84. The monoisotopic (exact) mass is 499 g/mol. The molecule has 0 fully saturated rings. The normalized spacial score (nSPS) is 11.9. The highest BCUT2D eigenvalue weighted by atomic mass is 32.2. The van der Waals surface area contributed by atoms with Gasteiger partial charge >= 0.3 is 0 Å². The van der Waals surface area contributed by atoms with E-state index < -0.39 is 9.84 Å². The number of pyridine rings is 2. The number of aryl methyl sites for hydroxylation is 1. The summed E-state index contributed by atoms with van der Waals surface area (Å²) < 4.78 is 28.2. The fourth-order valence-electron chi connectivity index (χ4n) is 4.61. The zero-order chi connectivity index (χ0) is 25.6. The first-order chi connectivity index (χ1) is 17.2. The summed E-state index contributed by atoms with van der Waals surface area (Å²) in [7, 11) is -3.45. The number of fused-ring (bicyclic) bond motifs is 3. The molecule has 0 saturated carbocycles. The zero-order valence-corrected chi connectivity index (χ0v) is 21.0. The van der Waals surface area contributed by atoms with Gasteiger partial charge in [0.25, 0.3) is 5.56 Å². The molecule has 3 aromatic heterocycles. The summed E-state index contributed by atoms with van der Waals surface area (Å²) in [4.78, 5) is 31.4. The molecule has 0 radical (unpaired) electrons. The van der Waals surface area contributed by atoms with Crippen LogP contribution >= 0.6 is 0 Å². The van der Waals surface area contributed by atoms with Crippen molar-refractivity contribution in [2.45, 2.75) is 32.2 Å². The number of hydrogen-bond donors (Lipinski definition) is 0. The smallest absolute Gasteiger partial charge is 0.275 e. The van der Waals surface area contributed by atoms with E-state index >= 15 is 0 Å². The largest absolute Gasteiger partial charge is 0.309 e. The van der Waals surface area contributed by atoms with Gasteiger partial charge < -0.3 is 4.57 Å². The molecule has 0 aliphatic heterocycles. The van der Waals surface area contributed by atoms with Crippen LogP contribution in [0.1, 0.15) is 29.8 Å². The van der Waals surface area contributed by atoms with Gasteiger partial charge in [-0.3, -0.25) is 14.2 Å². The Hall–Kier alpha value is -4.04. The van der Waals surface area contributed by atoms with Gasteiger partial charge in [-0.15, -0.1) is 0 Å². The first kappa shape index (κ1) is 23.7. The summed E-state index contributed by atoms with van der Waals surface area (Å²) in [6.07, 6.45) is 3.42. The van der Waals surface area contributed by atoms with Crippen molar-refractivity contribution < 1.29 is 13.2 Å². The Labute approximate surface area is 208 Å². The number of hydrogen-bond acceptors (Lipinski definition) is 5. The van der Waals surface area contributed by atoms with Crippen molar-refractivity contribution in [1.82, 2.24) is 14.1 Å². The summed E-state index contributed by atoms with van der Waals surface area (Å²) in [5, 5.41) is 1.25. The fraction of sp³-hybridized carbons (Fsp3) is 0.179. The van der Waals surface area contributed by atoms with E-state index in [2.05, 4.69) is 4.98 Å². The molecule has 0 bridgehead atoms. The SMILES string of the molecule is CCS(=O)(=O)c1cccc(-c2cn(Cc3ccccc3)c(=O)c3c2c2cc(C)cnc2n3C(C)=O)c1. The third-order valence-corrected chi connectivity index (χ3v) is 8.09. The lowest BCUT2D eigenvalue weighted by atomic mass is 10.0. The molecule has 182 valence electrons. The van der Waals surface area contributed by atoms with Gasteiger partial charge in [0, 0.05) is 35.7 Å². The lowest BCUT2D eigenvalue weighted by Crippen LogP contribution is -2.24. The molecular weight excluding hydrogens is 474 g/mol. The molecule has 0 aliphatic rings. The van der Waals surface area contributed by atoms with Crippen LogP contribution in [-0.4, -0.2) is 34.2 Å². The lowest BCUT2D eigenvalue weighted by molar-refractivity contribution is 0.0945. The summed E-state index contributed by atoms with van der Waals surface area (Å²) in [6, 6.07) is 18.2. The topological polar surface area (TPSA) is 91.0 Å². The Morgan fingerprint density at radius 2 is 1.78 bits per heavy atom. The van der Waals surface area contributed by atoms with Gasteiger partial charge in [0.2, 0.25) is 5.91 Å². The molecule has 7 nitrogen and oxygen atoms in total. The highest BCUT2D eigenvalue weighted by molar-refractivity contribution is 7.91. The third-order valence-electron chi connectivity index (χ3n) is 6.36. The Balaban J connectivity index is 1.93. The van der Waals surface area contributed by atoms with Crippen molar-refractivity contribution in [2.75, 3.05) is 5.75 Å². The van der Waals surface area contributed by atoms with Crippen LogP contribution in [-0.2, 0) is 16.4 Å². The minimum atomic E-state index is -3.45. The van der Waals surface area contributed by atoms with Gasteiger partial charge in [-0.1, -0.05) is 49.4 Å². The van der Waals surface area contributed by atoms with Crippen molar-refractivity contribution in [2.24, 2.45) is 0 Å². The van der Waals surface area contributed by atoms with Crippen molar-refractivity contribution in [1.29, 1.82) is 0 Å². The molecule has 0 atom stereocenters. The lowest BCUT2D eigenvalue weighted by Gasteiger charge is -2.13. The molecule has 5 aromatic rings. The zero-order valence-electron chi connectivity index (χ0n) is 20.2. The van der Waals surface area contributed by atoms with Gasteiger partial charge in [-0.2, -0.15) is 0 Å². The van der Waals surface area contributed by atoms with Crippen LogP contribution in [0, 0.1) is 6.92 Å². The number of benzene rings is 2. The Morgan fingerprint density at radius 3 is 2.47 bits per heavy atom. The second kappa shape index (κ2) is 8.87. The molecule has 2 aromatic carbocycles. The van der Waals surface area contributed by atoms with Gasteiger partial charge in [0.05, 0.1) is 17.2 Å². The van der Waals surface area contributed by atoms with Gasteiger partial charge in [0.1, 0.15) is 11.2 Å². The minimum Gasteiger partial charge on any atom is -0.309 e. The molecular formula is C28H25N3O4S. The van der Waals surface area contributed by atoms with E-state index in [4.69, 9.17) is 0 Å². The van der Waals surface area contributed by atoms with Crippen LogP contribution in [0.5, 0.6) is 0 Å². The molecule has 3 heterocycles. The number of carbonyl (C=O) groups excluding carboxylic acids is 1. The minimum absolute atomic E-state index is 0.0217. The molecule has 36 heavy (non-hydrogen) atoms. The van der Waals surface area contributed by atoms with E-state index in [-0.39, 0.29) is 27.6 Å². The van der Waals surface area contributed by atoms with Crippen molar-refractivity contribution in [3.05, 3.63) is 94.5 Å². The molecule has 0 aliphatic carbocycles. The molecule has 5 rings (SSSR count). The van der Waals surface area contributed by atoms with Crippen LogP contribution in [0.2, 0.25) is 0 Å². The van der Waals surface area contributed by atoms with Crippen molar-refractivity contribution in [3.63, 3.8) is 0 Å². The first-order valence-electron chi connectivity index (χ1n) is 11.6. The highest BCUT2D eigenvalue weighted by Gasteiger charge is 2.23. The number of carbonyl (C=O) groups is 1. The van der Waals surface area contributed by atoms with E-state index in [1.54, 1.807) is 42.1 Å². The third kappa shape index (κ3) is 3.93. The molecule has 0 saturated heterocycles. The standard InChI is InChI=1S/C28H25N3O4S/c1-4-36(34,35)22-12-8-11-21(14-22)24-17-30(16-20-9-6-5-7-10-20)28(33)26-25(24)23-13-18(2)15-29-27(23)31(26)19(3)32/h5-15,17H,4,16H2,1-3H3. The molecule has 0 N–H and O–H groups in total. The van der Waals surface area contributed by atoms with E-state index in [1.165, 1.54) is 11.5 Å². The van der Waals surface area contributed by atoms with Crippen LogP contribution in [0.25, 0.3) is 33.1 Å². The highest BCUT2D eigenvalue weighted by Crippen LogP contribution is 2.35. The number of rotatable bonds is 5. The van der Waals surface area contributed by atoms with Crippen molar-refractivity contribution >= 4 is 37.7 Å². The number of sulfone groups is 1. The van der Waals surface area contributed by atoms with Crippen LogP contribution in [0.4, 0.5) is 0 Å².